The Hall–Kier alpha value is -1.97. The van der Waals surface area contributed by atoms with Gasteiger partial charge < -0.3 is 10.1 Å². The van der Waals surface area contributed by atoms with Gasteiger partial charge in [-0.2, -0.15) is 0 Å². The molecule has 31 heavy (non-hydrogen) atoms. The molecule has 2 aliphatic rings. The third-order valence-corrected chi connectivity index (χ3v) is 9.32. The van der Waals surface area contributed by atoms with Gasteiger partial charge in [0.05, 0.1) is 18.4 Å². The van der Waals surface area contributed by atoms with E-state index in [1.165, 1.54) is 51.9 Å². The first-order valence-corrected chi connectivity index (χ1v) is 13.1. The Kier molecular flexibility index (Phi) is 5.75. The molecule has 3 aromatic heterocycles. The van der Waals surface area contributed by atoms with Gasteiger partial charge in [-0.3, -0.25) is 4.79 Å². The summed E-state index contributed by atoms with van der Waals surface area (Å²) in [6.07, 6.45) is 7.78. The second-order valence-corrected chi connectivity index (χ2v) is 11.3. The van der Waals surface area contributed by atoms with Crippen molar-refractivity contribution in [3.63, 3.8) is 0 Å². The van der Waals surface area contributed by atoms with E-state index in [2.05, 4.69) is 22.2 Å². The highest BCUT2D eigenvalue weighted by atomic mass is 32.2. The highest BCUT2D eigenvalue weighted by Crippen LogP contribution is 2.41. The molecule has 0 spiro atoms. The molecule has 0 aromatic carbocycles. The number of aryl methyl sites for hydroxylation is 2. The summed E-state index contributed by atoms with van der Waals surface area (Å²) in [7, 11) is 1.38. The van der Waals surface area contributed by atoms with Gasteiger partial charge in [0.25, 0.3) is 0 Å². The normalized spacial score (nSPS) is 17.4. The highest BCUT2D eigenvalue weighted by molar-refractivity contribution is 8.00. The quantitative estimate of drug-likeness (QED) is 0.323. The van der Waals surface area contributed by atoms with E-state index in [4.69, 9.17) is 4.74 Å². The number of thiophene rings is 2. The molecule has 0 radical (unpaired) electrons. The monoisotopic (exact) mass is 473 g/mol. The van der Waals surface area contributed by atoms with E-state index in [0.29, 0.717) is 16.5 Å². The predicted octanol–water partition coefficient (Wildman–Crippen LogP) is 4.88. The Balaban J connectivity index is 1.34. The van der Waals surface area contributed by atoms with E-state index < -0.39 is 0 Å². The van der Waals surface area contributed by atoms with Crippen molar-refractivity contribution in [1.29, 1.82) is 0 Å². The lowest BCUT2D eigenvalue weighted by atomic mass is 9.89. The molecule has 0 saturated carbocycles. The van der Waals surface area contributed by atoms with Gasteiger partial charge in [-0.1, -0.05) is 18.7 Å². The second kappa shape index (κ2) is 8.52. The molecule has 0 bridgehead atoms. The minimum absolute atomic E-state index is 0.139. The molecular formula is C22H23N3O3S3. The number of hydrogen-bond acceptors (Lipinski definition) is 8. The van der Waals surface area contributed by atoms with Crippen LogP contribution in [0.5, 0.6) is 0 Å². The zero-order valence-electron chi connectivity index (χ0n) is 17.4. The molecule has 5 rings (SSSR count). The lowest BCUT2D eigenvalue weighted by Gasteiger charge is -2.18. The molecule has 2 aliphatic carbocycles. The van der Waals surface area contributed by atoms with Crippen molar-refractivity contribution in [2.24, 2.45) is 5.92 Å². The number of esters is 1. The van der Waals surface area contributed by atoms with Crippen molar-refractivity contribution in [2.75, 3.05) is 18.2 Å². The molecule has 0 saturated heterocycles. The maximum Gasteiger partial charge on any atom is 0.341 e. The number of hydrogen-bond donors (Lipinski definition) is 1. The van der Waals surface area contributed by atoms with Crippen molar-refractivity contribution in [2.45, 2.75) is 50.5 Å². The number of fused-ring (bicyclic) bond motifs is 4. The molecule has 6 nitrogen and oxygen atoms in total. The molecule has 1 amide bonds. The molecule has 3 heterocycles. The number of nitrogens with zero attached hydrogens (tertiary/aromatic N) is 2. The molecule has 3 aromatic rings. The Morgan fingerprint density at radius 1 is 1.19 bits per heavy atom. The summed E-state index contributed by atoms with van der Waals surface area (Å²) in [6, 6.07) is 0. The van der Waals surface area contributed by atoms with Crippen molar-refractivity contribution < 1.29 is 14.3 Å². The first-order valence-electron chi connectivity index (χ1n) is 10.5. The van der Waals surface area contributed by atoms with Crippen LogP contribution >= 0.6 is 34.4 Å². The summed E-state index contributed by atoms with van der Waals surface area (Å²) in [4.78, 5) is 37.6. The minimum atomic E-state index is -0.376. The van der Waals surface area contributed by atoms with Gasteiger partial charge in [-0.05, 0) is 55.6 Å². The largest absolute Gasteiger partial charge is 0.465 e. The van der Waals surface area contributed by atoms with Crippen molar-refractivity contribution in [3.8, 4) is 0 Å². The standard InChI is InChI=1S/C22H23N3O3S3/c1-11-6-7-13-15(8-11)31-20-17(13)19(23-10-24-20)29-9-16(26)25-21-18(22(27)28-2)12-4-3-5-14(12)30-21/h10-11H,3-9H2,1-2H3,(H,25,26)/t11-/m1/s1. The number of carbonyl (C=O) groups is 2. The van der Waals surface area contributed by atoms with E-state index >= 15 is 0 Å². The average molecular weight is 474 g/mol. The van der Waals surface area contributed by atoms with Gasteiger partial charge in [-0.25, -0.2) is 14.8 Å². The Bertz CT molecular complexity index is 1180. The van der Waals surface area contributed by atoms with E-state index in [0.717, 1.165) is 52.9 Å². The summed E-state index contributed by atoms with van der Waals surface area (Å²) in [5, 5.41) is 5.55. The van der Waals surface area contributed by atoms with E-state index in [-0.39, 0.29) is 17.6 Å². The lowest BCUT2D eigenvalue weighted by molar-refractivity contribution is -0.113. The number of nitrogens with one attached hydrogen (secondary N) is 1. The Morgan fingerprint density at radius 3 is 2.90 bits per heavy atom. The third-order valence-electron chi connectivity index (χ3n) is 5.96. The van der Waals surface area contributed by atoms with Crippen LogP contribution in [0.2, 0.25) is 0 Å². The molecule has 0 aliphatic heterocycles. The minimum Gasteiger partial charge on any atom is -0.465 e. The van der Waals surface area contributed by atoms with Crippen LogP contribution in [0.15, 0.2) is 11.4 Å². The zero-order valence-corrected chi connectivity index (χ0v) is 19.9. The maximum absolute atomic E-state index is 12.8. The van der Waals surface area contributed by atoms with Gasteiger partial charge in [0.2, 0.25) is 5.91 Å². The summed E-state index contributed by atoms with van der Waals surface area (Å²) in [6.45, 7) is 2.29. The van der Waals surface area contributed by atoms with Gasteiger partial charge in [-0.15, -0.1) is 22.7 Å². The maximum atomic E-state index is 12.8. The number of amides is 1. The van der Waals surface area contributed by atoms with E-state index in [1.807, 2.05) is 0 Å². The Labute approximate surface area is 192 Å². The van der Waals surface area contributed by atoms with Crippen molar-refractivity contribution >= 4 is 61.5 Å². The molecule has 1 atom stereocenters. The summed E-state index contributed by atoms with van der Waals surface area (Å²) >= 11 is 4.70. The Morgan fingerprint density at radius 2 is 2.06 bits per heavy atom. The van der Waals surface area contributed by atoms with Gasteiger partial charge >= 0.3 is 5.97 Å². The van der Waals surface area contributed by atoms with Crippen molar-refractivity contribution in [1.82, 2.24) is 9.97 Å². The highest BCUT2D eigenvalue weighted by Gasteiger charge is 2.28. The molecule has 162 valence electrons. The smallest absolute Gasteiger partial charge is 0.341 e. The first-order chi connectivity index (χ1) is 15.0. The fourth-order valence-corrected chi connectivity index (χ4v) is 8.00. The van der Waals surface area contributed by atoms with Crippen LogP contribution in [0.4, 0.5) is 5.00 Å². The van der Waals surface area contributed by atoms with Gasteiger partial charge in [0.15, 0.2) is 0 Å². The second-order valence-electron chi connectivity index (χ2n) is 8.10. The average Bonchev–Trinajstić information content (AvgIpc) is 3.43. The number of rotatable bonds is 5. The summed E-state index contributed by atoms with van der Waals surface area (Å²) < 4.78 is 4.97. The number of methoxy groups -OCH3 is 1. The van der Waals surface area contributed by atoms with Gasteiger partial charge in [0.1, 0.15) is 21.2 Å². The molecule has 1 N–H and O–H groups in total. The van der Waals surface area contributed by atoms with Crippen LogP contribution in [0.3, 0.4) is 0 Å². The van der Waals surface area contributed by atoms with Crippen molar-refractivity contribution in [3.05, 3.63) is 32.8 Å². The number of anilines is 1. The number of aromatic nitrogens is 2. The predicted molar refractivity (Wildman–Crippen MR) is 126 cm³/mol. The fourth-order valence-electron chi connectivity index (χ4n) is 4.46. The molecular weight excluding hydrogens is 450 g/mol. The van der Waals surface area contributed by atoms with Crippen LogP contribution in [0.1, 0.15) is 51.0 Å². The van der Waals surface area contributed by atoms with Crippen LogP contribution in [-0.4, -0.2) is 34.7 Å². The topological polar surface area (TPSA) is 81.2 Å². The van der Waals surface area contributed by atoms with E-state index in [9.17, 15) is 9.59 Å². The molecule has 9 heteroatoms. The van der Waals surface area contributed by atoms with Crippen LogP contribution in [0, 0.1) is 5.92 Å². The number of carbonyl (C=O) groups excluding carboxylic acids is 2. The zero-order chi connectivity index (χ0) is 21.5. The first kappa shape index (κ1) is 20.9. The molecule has 0 fully saturated rings. The fraction of sp³-hybridized carbons (Fsp3) is 0.455. The number of ether oxygens (including phenoxy) is 1. The SMILES string of the molecule is COC(=O)c1c(NC(=O)CSc2ncnc3sc4c(c23)CC[C@@H](C)C4)sc2c1CCC2. The summed E-state index contributed by atoms with van der Waals surface area (Å²) in [5.74, 6) is 0.418. The lowest BCUT2D eigenvalue weighted by Crippen LogP contribution is -2.16. The van der Waals surface area contributed by atoms with Crippen LogP contribution in [-0.2, 0) is 35.2 Å². The van der Waals surface area contributed by atoms with Gasteiger partial charge in [0, 0.05) is 15.1 Å². The third kappa shape index (κ3) is 3.87. The summed E-state index contributed by atoms with van der Waals surface area (Å²) in [5.41, 5.74) is 2.93. The van der Waals surface area contributed by atoms with Crippen LogP contribution < -0.4 is 5.32 Å². The van der Waals surface area contributed by atoms with Crippen LogP contribution in [0.25, 0.3) is 10.2 Å². The molecule has 0 unspecified atom stereocenters. The number of thioether (sulfide) groups is 1. The van der Waals surface area contributed by atoms with E-state index in [1.54, 1.807) is 17.7 Å².